The van der Waals surface area contributed by atoms with Gasteiger partial charge >= 0.3 is 0 Å². The van der Waals surface area contributed by atoms with Gasteiger partial charge in [-0.1, -0.05) is 37.0 Å². The molecule has 0 heterocycles. The zero-order chi connectivity index (χ0) is 11.0. The minimum absolute atomic E-state index is 0.121. The van der Waals surface area contributed by atoms with Crippen LogP contribution in [0.3, 0.4) is 0 Å². The first-order valence-corrected chi connectivity index (χ1v) is 4.68. The first-order valence-electron chi connectivity index (χ1n) is 3.92. The Labute approximate surface area is 90.3 Å². The first kappa shape index (κ1) is 11.5. The van der Waals surface area contributed by atoms with Crippen LogP contribution in [0.2, 0.25) is 10.0 Å². The van der Waals surface area contributed by atoms with Gasteiger partial charge in [0.2, 0.25) is 0 Å². The van der Waals surface area contributed by atoms with Crippen molar-refractivity contribution in [2.24, 2.45) is 0 Å². The molecule has 1 rings (SSSR count). The second-order valence-electron chi connectivity index (χ2n) is 3.17. The number of benzene rings is 1. The summed E-state index contributed by atoms with van der Waals surface area (Å²) in [4.78, 5) is 0. The maximum Gasteiger partial charge on any atom is 0.182 e. The van der Waals surface area contributed by atoms with Gasteiger partial charge in [-0.05, 0) is 5.92 Å². The summed E-state index contributed by atoms with van der Waals surface area (Å²) in [5.74, 6) is -3.28. The maximum atomic E-state index is 13.1. The molecule has 0 fully saturated rings. The van der Waals surface area contributed by atoms with Gasteiger partial charge in [0.25, 0.3) is 0 Å². The van der Waals surface area contributed by atoms with E-state index in [-0.39, 0.29) is 11.5 Å². The third kappa shape index (κ3) is 1.66. The van der Waals surface area contributed by atoms with Gasteiger partial charge in [0.05, 0.1) is 5.02 Å². The Morgan fingerprint density at radius 1 is 1.07 bits per heavy atom. The highest BCUT2D eigenvalue weighted by Gasteiger charge is 2.23. The van der Waals surface area contributed by atoms with Crippen molar-refractivity contribution in [1.82, 2.24) is 0 Å². The number of phenols is 1. The zero-order valence-corrected chi connectivity index (χ0v) is 9.05. The van der Waals surface area contributed by atoms with Crippen LogP contribution in [0.4, 0.5) is 8.78 Å². The molecule has 0 saturated heterocycles. The monoisotopic (exact) mass is 240 g/mol. The van der Waals surface area contributed by atoms with Crippen molar-refractivity contribution >= 4 is 23.2 Å². The summed E-state index contributed by atoms with van der Waals surface area (Å²) in [7, 11) is 0. The topological polar surface area (TPSA) is 20.2 Å². The average molecular weight is 241 g/mol. The smallest absolute Gasteiger partial charge is 0.182 e. The summed E-state index contributed by atoms with van der Waals surface area (Å²) in [6, 6.07) is 0. The van der Waals surface area contributed by atoms with Gasteiger partial charge in [-0.3, -0.25) is 0 Å². The minimum Gasteiger partial charge on any atom is -0.506 e. The Kier molecular flexibility index (Phi) is 3.22. The van der Waals surface area contributed by atoms with Crippen LogP contribution in [0, 0.1) is 11.6 Å². The van der Waals surface area contributed by atoms with Crippen LogP contribution < -0.4 is 0 Å². The summed E-state index contributed by atoms with van der Waals surface area (Å²) in [5.41, 5.74) is 0.121. The van der Waals surface area contributed by atoms with E-state index in [2.05, 4.69) is 0 Å². The second kappa shape index (κ2) is 3.91. The largest absolute Gasteiger partial charge is 0.506 e. The van der Waals surface area contributed by atoms with Crippen molar-refractivity contribution in [3.63, 3.8) is 0 Å². The van der Waals surface area contributed by atoms with Gasteiger partial charge in [0, 0.05) is 5.56 Å². The zero-order valence-electron chi connectivity index (χ0n) is 7.54. The van der Waals surface area contributed by atoms with Gasteiger partial charge in [-0.25, -0.2) is 8.78 Å². The van der Waals surface area contributed by atoms with Crippen molar-refractivity contribution in [3.05, 3.63) is 27.2 Å². The molecule has 0 aliphatic rings. The normalized spacial score (nSPS) is 11.1. The number of aromatic hydroxyl groups is 1. The summed E-state index contributed by atoms with van der Waals surface area (Å²) < 4.78 is 26.0. The molecule has 0 saturated carbocycles. The molecular formula is C9H8Cl2F2O. The lowest BCUT2D eigenvalue weighted by Gasteiger charge is -2.13. The van der Waals surface area contributed by atoms with E-state index in [1.54, 1.807) is 13.8 Å². The van der Waals surface area contributed by atoms with E-state index >= 15 is 0 Å². The number of halogens is 4. The highest BCUT2D eigenvalue weighted by Crippen LogP contribution is 2.41. The maximum absolute atomic E-state index is 13.1. The van der Waals surface area contributed by atoms with Crippen LogP contribution in [0.5, 0.6) is 5.75 Å². The van der Waals surface area contributed by atoms with E-state index < -0.39 is 27.4 Å². The van der Waals surface area contributed by atoms with E-state index in [1.165, 1.54) is 0 Å². The molecule has 1 nitrogen and oxygen atoms in total. The molecule has 0 bridgehead atoms. The molecule has 0 aliphatic heterocycles. The lowest BCUT2D eigenvalue weighted by molar-refractivity contribution is 0.445. The number of hydrogen-bond acceptors (Lipinski definition) is 1. The Morgan fingerprint density at radius 3 is 1.93 bits per heavy atom. The van der Waals surface area contributed by atoms with Gasteiger partial charge in [0.15, 0.2) is 11.6 Å². The average Bonchev–Trinajstić information content (AvgIpc) is 2.11. The molecule has 5 heteroatoms. The molecule has 14 heavy (non-hydrogen) atoms. The van der Waals surface area contributed by atoms with Crippen molar-refractivity contribution in [2.75, 3.05) is 0 Å². The quantitative estimate of drug-likeness (QED) is 0.579. The summed E-state index contributed by atoms with van der Waals surface area (Å²) in [6.45, 7) is 3.38. The predicted octanol–water partition coefficient (Wildman–Crippen LogP) is 4.10. The van der Waals surface area contributed by atoms with Crippen molar-refractivity contribution in [3.8, 4) is 5.75 Å². The molecule has 0 aliphatic carbocycles. The summed E-state index contributed by atoms with van der Waals surface area (Å²) in [6.07, 6.45) is 0. The summed E-state index contributed by atoms with van der Waals surface area (Å²) in [5, 5.41) is 8.38. The summed E-state index contributed by atoms with van der Waals surface area (Å²) >= 11 is 10.9. The van der Waals surface area contributed by atoms with E-state index in [4.69, 9.17) is 23.2 Å². The van der Waals surface area contributed by atoms with E-state index in [0.717, 1.165) is 0 Å². The van der Waals surface area contributed by atoms with Crippen LogP contribution in [0.25, 0.3) is 0 Å². The standard InChI is InChI=1S/C9H8Cl2F2O/c1-3(2)4-5(10)7(12)8(13)6(11)9(4)14/h3,14H,1-2H3. The van der Waals surface area contributed by atoms with Gasteiger partial charge in [0.1, 0.15) is 10.8 Å². The molecule has 0 amide bonds. The lowest BCUT2D eigenvalue weighted by Crippen LogP contribution is -1.97. The fourth-order valence-electron chi connectivity index (χ4n) is 1.16. The predicted molar refractivity (Wildman–Crippen MR) is 52.1 cm³/mol. The minimum atomic E-state index is -1.32. The van der Waals surface area contributed by atoms with Crippen molar-refractivity contribution in [1.29, 1.82) is 0 Å². The Bertz CT molecular complexity index is 349. The molecule has 1 aromatic carbocycles. The molecule has 0 unspecified atom stereocenters. The van der Waals surface area contributed by atoms with Gasteiger partial charge < -0.3 is 5.11 Å². The van der Waals surface area contributed by atoms with E-state index in [9.17, 15) is 13.9 Å². The van der Waals surface area contributed by atoms with E-state index in [0.29, 0.717) is 0 Å². The molecule has 1 aromatic rings. The van der Waals surface area contributed by atoms with Crippen molar-refractivity contribution in [2.45, 2.75) is 19.8 Å². The third-order valence-corrected chi connectivity index (χ3v) is 2.57. The van der Waals surface area contributed by atoms with Crippen LogP contribution in [-0.2, 0) is 0 Å². The van der Waals surface area contributed by atoms with Gasteiger partial charge in [-0.15, -0.1) is 0 Å². The van der Waals surface area contributed by atoms with Gasteiger partial charge in [-0.2, -0.15) is 0 Å². The van der Waals surface area contributed by atoms with Crippen LogP contribution >= 0.6 is 23.2 Å². The fraction of sp³-hybridized carbons (Fsp3) is 0.333. The number of rotatable bonds is 1. The lowest BCUT2D eigenvalue weighted by atomic mass is 10.0. The fourth-order valence-corrected chi connectivity index (χ4v) is 1.74. The molecule has 0 atom stereocenters. The number of hydrogen-bond donors (Lipinski definition) is 1. The highest BCUT2D eigenvalue weighted by molar-refractivity contribution is 6.35. The Balaban J connectivity index is 3.60. The molecule has 0 aromatic heterocycles. The SMILES string of the molecule is CC(C)c1c(O)c(Cl)c(F)c(F)c1Cl. The molecular weight excluding hydrogens is 233 g/mol. The molecule has 0 spiro atoms. The Hall–Kier alpha value is -0.540. The molecule has 78 valence electrons. The van der Waals surface area contributed by atoms with Crippen molar-refractivity contribution < 1.29 is 13.9 Å². The Morgan fingerprint density at radius 2 is 1.50 bits per heavy atom. The van der Waals surface area contributed by atoms with Crippen LogP contribution in [0.1, 0.15) is 25.3 Å². The second-order valence-corrected chi connectivity index (χ2v) is 3.93. The van der Waals surface area contributed by atoms with Crippen LogP contribution in [-0.4, -0.2) is 5.11 Å². The van der Waals surface area contributed by atoms with E-state index in [1.807, 2.05) is 0 Å². The molecule has 0 radical (unpaired) electrons. The third-order valence-electron chi connectivity index (χ3n) is 1.85. The van der Waals surface area contributed by atoms with Crippen LogP contribution in [0.15, 0.2) is 0 Å². The first-order chi connectivity index (χ1) is 6.37. The highest BCUT2D eigenvalue weighted by atomic mass is 35.5. The molecule has 1 N–H and O–H groups in total. The number of phenolic OH excluding ortho intramolecular Hbond substituents is 1.